The Labute approximate surface area is 177 Å². The molecule has 1 saturated heterocycles. The Bertz CT molecular complexity index is 1140. The minimum Gasteiger partial charge on any atom is -0.481 e. The number of nitrogens with zero attached hydrogens (tertiary/aromatic N) is 7. The fraction of sp³-hybridized carbons (Fsp3) is 0.333. The molecule has 1 N–H and O–H groups in total. The minimum absolute atomic E-state index is 0.0974. The molecule has 9 nitrogen and oxygen atoms in total. The molecule has 0 bridgehead atoms. The van der Waals surface area contributed by atoms with Gasteiger partial charge in [-0.1, -0.05) is 0 Å². The Balaban J connectivity index is 1.40. The predicted octanol–water partition coefficient (Wildman–Crippen LogP) is 2.11. The van der Waals surface area contributed by atoms with Crippen LogP contribution in [0.25, 0.3) is 11.6 Å². The van der Waals surface area contributed by atoms with E-state index in [0.717, 1.165) is 11.3 Å². The van der Waals surface area contributed by atoms with Gasteiger partial charge in [0.05, 0.1) is 17.7 Å². The van der Waals surface area contributed by atoms with Gasteiger partial charge >= 0.3 is 5.97 Å². The molecular weight excluding hydrogens is 401 g/mol. The van der Waals surface area contributed by atoms with Crippen LogP contribution in [0.1, 0.15) is 24.2 Å². The van der Waals surface area contributed by atoms with E-state index in [1.807, 2.05) is 11.8 Å². The summed E-state index contributed by atoms with van der Waals surface area (Å²) in [6.07, 6.45) is 5.73. The maximum atomic E-state index is 14.4. The largest absolute Gasteiger partial charge is 0.481 e. The summed E-state index contributed by atoms with van der Waals surface area (Å²) in [4.78, 5) is 37.0. The number of aromatic nitrogens is 5. The van der Waals surface area contributed by atoms with Gasteiger partial charge in [-0.05, 0) is 13.0 Å². The highest BCUT2D eigenvalue weighted by Crippen LogP contribution is 2.34. The van der Waals surface area contributed by atoms with E-state index in [0.29, 0.717) is 49.3 Å². The molecule has 0 aromatic carbocycles. The van der Waals surface area contributed by atoms with Crippen molar-refractivity contribution < 1.29 is 14.3 Å². The zero-order valence-electron chi connectivity index (χ0n) is 16.8. The smallest absolute Gasteiger partial charge is 0.310 e. The first-order valence-electron chi connectivity index (χ1n) is 10.0. The fourth-order valence-corrected chi connectivity index (χ4v) is 4.00. The first kappa shape index (κ1) is 19.3. The number of pyridine rings is 1. The van der Waals surface area contributed by atoms with Crippen LogP contribution < -0.4 is 9.80 Å². The van der Waals surface area contributed by atoms with Crippen LogP contribution in [-0.4, -0.2) is 55.6 Å². The third-order valence-corrected chi connectivity index (χ3v) is 5.79. The van der Waals surface area contributed by atoms with Crippen LogP contribution >= 0.6 is 0 Å². The summed E-state index contributed by atoms with van der Waals surface area (Å²) in [5.41, 5.74) is 1.87. The first-order valence-corrected chi connectivity index (χ1v) is 10.0. The lowest BCUT2D eigenvalue weighted by Gasteiger charge is -2.39. The highest BCUT2D eigenvalue weighted by Gasteiger charge is 2.34. The van der Waals surface area contributed by atoms with Crippen LogP contribution in [0.4, 0.5) is 16.0 Å². The summed E-state index contributed by atoms with van der Waals surface area (Å²) in [7, 11) is 0. The van der Waals surface area contributed by atoms with E-state index in [4.69, 9.17) is 5.11 Å². The van der Waals surface area contributed by atoms with Crippen LogP contribution in [0, 0.1) is 11.7 Å². The molecule has 2 aliphatic rings. The van der Waals surface area contributed by atoms with E-state index in [1.54, 1.807) is 29.6 Å². The van der Waals surface area contributed by atoms with Crippen molar-refractivity contribution in [3.05, 3.63) is 53.9 Å². The Hall–Kier alpha value is -3.69. The van der Waals surface area contributed by atoms with Crippen LogP contribution in [0.3, 0.4) is 0 Å². The van der Waals surface area contributed by atoms with E-state index >= 15 is 0 Å². The van der Waals surface area contributed by atoms with Gasteiger partial charge in [0.25, 0.3) is 0 Å². The predicted molar refractivity (Wildman–Crippen MR) is 110 cm³/mol. The Morgan fingerprint density at radius 2 is 1.84 bits per heavy atom. The molecule has 2 aliphatic heterocycles. The van der Waals surface area contributed by atoms with E-state index in [1.165, 1.54) is 12.1 Å². The number of hydrogen-bond acceptors (Lipinski definition) is 8. The van der Waals surface area contributed by atoms with Gasteiger partial charge in [-0.15, -0.1) is 0 Å². The Kier molecular flexibility index (Phi) is 4.68. The van der Waals surface area contributed by atoms with Gasteiger partial charge in [-0.25, -0.2) is 29.3 Å². The molecule has 158 valence electrons. The molecule has 3 aromatic heterocycles. The molecule has 1 unspecified atom stereocenters. The third-order valence-electron chi connectivity index (χ3n) is 5.79. The lowest BCUT2D eigenvalue weighted by Crippen LogP contribution is -2.51. The van der Waals surface area contributed by atoms with E-state index in [2.05, 4.69) is 24.9 Å². The van der Waals surface area contributed by atoms with Gasteiger partial charge in [0.2, 0.25) is 0 Å². The van der Waals surface area contributed by atoms with Crippen molar-refractivity contribution in [2.75, 3.05) is 29.4 Å². The molecule has 10 heteroatoms. The Morgan fingerprint density at radius 1 is 1.10 bits per heavy atom. The Morgan fingerprint density at radius 3 is 2.58 bits per heavy atom. The van der Waals surface area contributed by atoms with Gasteiger partial charge in [-0.2, -0.15) is 0 Å². The minimum atomic E-state index is -0.839. The van der Waals surface area contributed by atoms with Gasteiger partial charge in [0.15, 0.2) is 11.6 Å². The van der Waals surface area contributed by atoms with Crippen molar-refractivity contribution in [1.82, 2.24) is 24.9 Å². The molecule has 3 aromatic rings. The molecule has 5 heterocycles. The maximum Gasteiger partial charge on any atom is 0.310 e. The van der Waals surface area contributed by atoms with Crippen LogP contribution in [-0.2, 0) is 11.2 Å². The van der Waals surface area contributed by atoms with E-state index in [-0.39, 0.29) is 6.04 Å². The first-order chi connectivity index (χ1) is 15.0. The lowest BCUT2D eigenvalue weighted by atomic mass is 9.99. The number of halogens is 1. The SMILES string of the molecule is CC1c2cnc(-c3ncccn3)nc2CCN1c1cc(F)cc(N2CC(C(=O)O)C2)n1. The highest BCUT2D eigenvalue weighted by atomic mass is 19.1. The summed E-state index contributed by atoms with van der Waals surface area (Å²) >= 11 is 0. The van der Waals surface area contributed by atoms with Crippen molar-refractivity contribution in [2.24, 2.45) is 5.92 Å². The maximum absolute atomic E-state index is 14.4. The molecule has 31 heavy (non-hydrogen) atoms. The van der Waals surface area contributed by atoms with Crippen molar-refractivity contribution in [3.8, 4) is 11.6 Å². The second-order valence-corrected chi connectivity index (χ2v) is 7.73. The van der Waals surface area contributed by atoms with E-state index in [9.17, 15) is 9.18 Å². The lowest BCUT2D eigenvalue weighted by molar-refractivity contribution is -0.142. The topological polar surface area (TPSA) is 108 Å². The number of carbonyl (C=O) groups is 1. The van der Waals surface area contributed by atoms with Gasteiger partial charge in [0.1, 0.15) is 17.5 Å². The molecule has 0 radical (unpaired) electrons. The number of carboxylic acid groups (broad SMARTS) is 1. The van der Waals surface area contributed by atoms with Crippen molar-refractivity contribution in [1.29, 1.82) is 0 Å². The van der Waals surface area contributed by atoms with Gasteiger partial charge in [0, 0.05) is 62.3 Å². The van der Waals surface area contributed by atoms with Crippen LogP contribution in [0.2, 0.25) is 0 Å². The number of aliphatic carboxylic acids is 1. The normalized spacial score (nSPS) is 18.5. The monoisotopic (exact) mass is 421 g/mol. The zero-order valence-corrected chi connectivity index (χ0v) is 16.8. The number of anilines is 2. The number of fused-ring (bicyclic) bond motifs is 1. The average Bonchev–Trinajstić information content (AvgIpc) is 2.72. The quantitative estimate of drug-likeness (QED) is 0.677. The second-order valence-electron chi connectivity index (χ2n) is 7.73. The summed E-state index contributed by atoms with van der Waals surface area (Å²) in [6, 6.07) is 4.40. The average molecular weight is 421 g/mol. The van der Waals surface area contributed by atoms with E-state index < -0.39 is 17.7 Å². The molecule has 1 fully saturated rings. The fourth-order valence-electron chi connectivity index (χ4n) is 4.00. The summed E-state index contributed by atoms with van der Waals surface area (Å²) in [6.45, 7) is 3.30. The van der Waals surface area contributed by atoms with Crippen LogP contribution in [0.15, 0.2) is 36.8 Å². The molecular formula is C21H20FN7O2. The summed E-state index contributed by atoms with van der Waals surface area (Å²) in [5, 5.41) is 9.08. The molecule has 0 saturated carbocycles. The third kappa shape index (κ3) is 3.54. The standard InChI is InChI=1S/C21H20FN7O2/c1-12-15-9-25-20(19-23-4-2-5-24-19)26-16(15)3-6-29(12)18-8-14(22)7-17(27-18)28-10-13(11-28)21(30)31/h2,4-5,7-9,12-13H,3,6,10-11H2,1H3,(H,30,31). The number of hydrogen-bond donors (Lipinski definition) is 1. The molecule has 0 amide bonds. The van der Waals surface area contributed by atoms with Crippen molar-refractivity contribution in [2.45, 2.75) is 19.4 Å². The second kappa shape index (κ2) is 7.53. The summed E-state index contributed by atoms with van der Waals surface area (Å²) in [5.74, 6) is 0.261. The van der Waals surface area contributed by atoms with Crippen LogP contribution in [0.5, 0.6) is 0 Å². The van der Waals surface area contributed by atoms with Crippen molar-refractivity contribution in [3.63, 3.8) is 0 Å². The number of rotatable bonds is 4. The zero-order chi connectivity index (χ0) is 21.5. The molecule has 0 spiro atoms. The molecule has 5 rings (SSSR count). The van der Waals surface area contributed by atoms with Crippen molar-refractivity contribution >= 4 is 17.6 Å². The van der Waals surface area contributed by atoms with Gasteiger partial charge in [-0.3, -0.25) is 4.79 Å². The highest BCUT2D eigenvalue weighted by molar-refractivity contribution is 5.74. The summed E-state index contributed by atoms with van der Waals surface area (Å²) < 4.78 is 14.4. The molecule has 0 aliphatic carbocycles. The number of carboxylic acids is 1. The molecule has 1 atom stereocenters. The van der Waals surface area contributed by atoms with Gasteiger partial charge < -0.3 is 14.9 Å².